The van der Waals surface area contributed by atoms with Gasteiger partial charge in [0.2, 0.25) is 5.91 Å². The molecule has 1 amide bonds. The predicted octanol–water partition coefficient (Wildman–Crippen LogP) is 2.68. The summed E-state index contributed by atoms with van der Waals surface area (Å²) in [5, 5.41) is 2.96. The first-order valence-electron chi connectivity index (χ1n) is 10.7. The van der Waals surface area contributed by atoms with Crippen molar-refractivity contribution >= 4 is 11.7 Å². The zero-order valence-corrected chi connectivity index (χ0v) is 17.8. The molecule has 0 aliphatic carbocycles. The molecule has 164 valence electrons. The van der Waals surface area contributed by atoms with Crippen LogP contribution in [-0.4, -0.2) is 56.5 Å². The molecule has 0 saturated carbocycles. The number of rotatable bonds is 7. The van der Waals surface area contributed by atoms with Crippen molar-refractivity contribution in [1.29, 1.82) is 0 Å². The molecular weight excluding hydrogens is 396 g/mol. The average molecular weight is 424 g/mol. The number of benzene rings is 2. The van der Waals surface area contributed by atoms with Crippen molar-refractivity contribution < 1.29 is 23.8 Å². The molecule has 0 bridgehead atoms. The molecule has 2 aromatic carbocycles. The third-order valence-electron chi connectivity index (χ3n) is 5.80. The number of Topliss-reactive ketones (excluding diaryl/α,β-unsaturated/α-hetero) is 1. The van der Waals surface area contributed by atoms with Crippen LogP contribution in [0.4, 0.5) is 0 Å². The van der Waals surface area contributed by atoms with Gasteiger partial charge >= 0.3 is 0 Å². The molecule has 2 aromatic rings. The fraction of sp³-hybridized carbons (Fsp3) is 0.417. The van der Waals surface area contributed by atoms with Crippen molar-refractivity contribution in [2.75, 3.05) is 40.0 Å². The minimum absolute atomic E-state index is 0.00701. The fourth-order valence-corrected chi connectivity index (χ4v) is 3.99. The van der Waals surface area contributed by atoms with Gasteiger partial charge in [0.15, 0.2) is 17.3 Å². The maximum atomic E-state index is 12.9. The Balaban J connectivity index is 1.22. The van der Waals surface area contributed by atoms with E-state index in [1.54, 1.807) is 13.2 Å². The van der Waals surface area contributed by atoms with Crippen LogP contribution in [0.15, 0.2) is 42.5 Å². The Morgan fingerprint density at radius 3 is 2.45 bits per heavy atom. The zero-order chi connectivity index (χ0) is 21.6. The Kier molecular flexibility index (Phi) is 6.72. The summed E-state index contributed by atoms with van der Waals surface area (Å²) in [6.45, 7) is 3.34. The monoisotopic (exact) mass is 424 g/mol. The van der Waals surface area contributed by atoms with E-state index < -0.39 is 0 Å². The third kappa shape index (κ3) is 5.35. The summed E-state index contributed by atoms with van der Waals surface area (Å²) < 4.78 is 16.3. The number of fused-ring (bicyclic) bond motifs is 1. The van der Waals surface area contributed by atoms with Gasteiger partial charge in [-0.2, -0.15) is 0 Å². The first kappa shape index (κ1) is 21.2. The van der Waals surface area contributed by atoms with E-state index in [1.165, 1.54) is 0 Å². The van der Waals surface area contributed by atoms with Gasteiger partial charge in [-0.15, -0.1) is 0 Å². The zero-order valence-electron chi connectivity index (χ0n) is 17.8. The lowest BCUT2D eigenvalue weighted by Crippen LogP contribution is -2.42. The summed E-state index contributed by atoms with van der Waals surface area (Å²) in [6, 6.07) is 13.0. The highest BCUT2D eigenvalue weighted by atomic mass is 16.6. The van der Waals surface area contributed by atoms with E-state index in [9.17, 15) is 9.59 Å². The number of carbonyl (C=O) groups excluding carboxylic acids is 2. The van der Waals surface area contributed by atoms with E-state index in [0.717, 1.165) is 37.2 Å². The summed E-state index contributed by atoms with van der Waals surface area (Å²) in [5.41, 5.74) is 1.69. The number of ketones is 1. The number of piperidine rings is 1. The van der Waals surface area contributed by atoms with Gasteiger partial charge in [-0.1, -0.05) is 12.1 Å². The van der Waals surface area contributed by atoms with E-state index >= 15 is 0 Å². The van der Waals surface area contributed by atoms with Crippen molar-refractivity contribution in [3.8, 4) is 17.2 Å². The number of nitrogens with zero attached hydrogens (tertiary/aromatic N) is 1. The Bertz CT molecular complexity index is 920. The minimum Gasteiger partial charge on any atom is -0.497 e. The molecule has 2 aliphatic rings. The second kappa shape index (κ2) is 9.83. The van der Waals surface area contributed by atoms with E-state index in [1.807, 2.05) is 36.4 Å². The van der Waals surface area contributed by atoms with Crippen LogP contribution in [0.5, 0.6) is 17.2 Å². The molecule has 7 nitrogen and oxygen atoms in total. The van der Waals surface area contributed by atoms with E-state index in [4.69, 9.17) is 14.2 Å². The van der Waals surface area contributed by atoms with Crippen LogP contribution in [0.2, 0.25) is 0 Å². The molecule has 1 saturated heterocycles. The van der Waals surface area contributed by atoms with Crippen LogP contribution in [0.3, 0.4) is 0 Å². The Hall–Kier alpha value is -3.06. The second-order valence-electron chi connectivity index (χ2n) is 7.90. The van der Waals surface area contributed by atoms with Crippen molar-refractivity contribution in [2.45, 2.75) is 19.4 Å². The highest BCUT2D eigenvalue weighted by molar-refractivity contribution is 5.98. The number of carbonyl (C=O) groups is 2. The van der Waals surface area contributed by atoms with Gasteiger partial charge in [0.05, 0.1) is 13.7 Å². The first-order chi connectivity index (χ1) is 15.1. The van der Waals surface area contributed by atoms with Gasteiger partial charge in [0.1, 0.15) is 19.0 Å². The maximum absolute atomic E-state index is 12.9. The quantitative estimate of drug-likeness (QED) is 0.689. The number of methoxy groups -OCH3 is 1. The highest BCUT2D eigenvalue weighted by Crippen LogP contribution is 2.32. The highest BCUT2D eigenvalue weighted by Gasteiger charge is 2.27. The topological polar surface area (TPSA) is 77.1 Å². The summed E-state index contributed by atoms with van der Waals surface area (Å²) >= 11 is 0. The molecule has 2 heterocycles. The van der Waals surface area contributed by atoms with Crippen LogP contribution < -0.4 is 19.5 Å². The number of nitrogens with one attached hydrogen (secondary N) is 1. The van der Waals surface area contributed by atoms with Gasteiger partial charge in [-0.3, -0.25) is 14.5 Å². The first-order valence-corrected chi connectivity index (χ1v) is 10.7. The Labute approximate surface area is 182 Å². The number of amides is 1. The lowest BCUT2D eigenvalue weighted by molar-refractivity contribution is -0.122. The number of likely N-dealkylation sites (tertiary alicyclic amines) is 1. The summed E-state index contributed by atoms with van der Waals surface area (Å²) in [5.74, 6) is 2.24. The van der Waals surface area contributed by atoms with Crippen LogP contribution in [-0.2, 0) is 11.3 Å². The molecule has 0 unspecified atom stereocenters. The normalized spacial score (nSPS) is 16.5. The molecule has 2 aliphatic heterocycles. The molecule has 1 fully saturated rings. The number of ether oxygens (including phenoxy) is 3. The largest absolute Gasteiger partial charge is 0.497 e. The van der Waals surface area contributed by atoms with Crippen molar-refractivity contribution in [2.24, 2.45) is 5.92 Å². The maximum Gasteiger partial charge on any atom is 0.234 e. The van der Waals surface area contributed by atoms with E-state index in [-0.39, 0.29) is 17.6 Å². The molecule has 0 radical (unpaired) electrons. The van der Waals surface area contributed by atoms with Crippen molar-refractivity contribution in [3.05, 3.63) is 53.6 Å². The number of hydrogen-bond acceptors (Lipinski definition) is 6. The fourth-order valence-electron chi connectivity index (χ4n) is 3.99. The molecule has 0 spiro atoms. The minimum atomic E-state index is -0.0267. The molecule has 7 heteroatoms. The van der Waals surface area contributed by atoms with Crippen molar-refractivity contribution in [1.82, 2.24) is 10.2 Å². The van der Waals surface area contributed by atoms with Crippen LogP contribution in [0.25, 0.3) is 0 Å². The Morgan fingerprint density at radius 1 is 1.03 bits per heavy atom. The predicted molar refractivity (Wildman–Crippen MR) is 116 cm³/mol. The summed E-state index contributed by atoms with van der Waals surface area (Å²) in [7, 11) is 1.63. The summed E-state index contributed by atoms with van der Waals surface area (Å²) in [6.07, 6.45) is 1.50. The molecule has 4 rings (SSSR count). The third-order valence-corrected chi connectivity index (χ3v) is 5.80. The standard InChI is InChI=1S/C24H28N2O5/c1-29-20-5-2-17(3-6-20)15-25-23(27)16-26-10-8-18(9-11-26)24(28)19-4-7-21-22(14-19)31-13-12-30-21/h2-7,14,18H,8-13,15-16H2,1H3,(H,25,27). The van der Waals surface area contributed by atoms with E-state index in [2.05, 4.69) is 10.2 Å². The van der Waals surface area contributed by atoms with Crippen LogP contribution in [0, 0.1) is 5.92 Å². The van der Waals surface area contributed by atoms with Gasteiger partial charge in [-0.25, -0.2) is 0 Å². The smallest absolute Gasteiger partial charge is 0.234 e. The molecule has 0 aromatic heterocycles. The average Bonchev–Trinajstić information content (AvgIpc) is 2.83. The van der Waals surface area contributed by atoms with Gasteiger partial charge < -0.3 is 19.5 Å². The van der Waals surface area contributed by atoms with Gasteiger partial charge in [0, 0.05) is 18.0 Å². The van der Waals surface area contributed by atoms with E-state index in [0.29, 0.717) is 43.4 Å². The lowest BCUT2D eigenvalue weighted by Gasteiger charge is -2.30. The SMILES string of the molecule is COc1ccc(CNC(=O)CN2CCC(C(=O)c3ccc4c(c3)OCCO4)CC2)cc1. The molecule has 1 N–H and O–H groups in total. The van der Waals surface area contributed by atoms with Crippen LogP contribution in [0.1, 0.15) is 28.8 Å². The molecular formula is C24H28N2O5. The second-order valence-corrected chi connectivity index (χ2v) is 7.90. The molecule has 0 atom stereocenters. The van der Waals surface area contributed by atoms with Gasteiger partial charge in [0.25, 0.3) is 0 Å². The van der Waals surface area contributed by atoms with Crippen LogP contribution >= 0.6 is 0 Å². The molecule has 31 heavy (non-hydrogen) atoms. The Morgan fingerprint density at radius 2 is 1.74 bits per heavy atom. The van der Waals surface area contributed by atoms with Crippen molar-refractivity contribution in [3.63, 3.8) is 0 Å². The lowest BCUT2D eigenvalue weighted by atomic mass is 9.88. The summed E-state index contributed by atoms with van der Waals surface area (Å²) in [4.78, 5) is 27.3. The van der Waals surface area contributed by atoms with Gasteiger partial charge in [-0.05, 0) is 61.8 Å². The number of hydrogen-bond donors (Lipinski definition) is 1.